The lowest BCUT2D eigenvalue weighted by atomic mass is 9.71. The van der Waals surface area contributed by atoms with Crippen molar-refractivity contribution in [1.29, 1.82) is 0 Å². The molecular weight excluding hydrogens is 238 g/mol. The monoisotopic (exact) mass is 261 g/mol. The van der Waals surface area contributed by atoms with Crippen LogP contribution in [0.4, 0.5) is 0 Å². The lowest BCUT2D eigenvalue weighted by Gasteiger charge is -2.37. The largest absolute Gasteiger partial charge is 0.313 e. The summed E-state index contributed by atoms with van der Waals surface area (Å²) in [5.74, 6) is 0.935. The van der Waals surface area contributed by atoms with Gasteiger partial charge in [0.05, 0.1) is 0 Å². The number of hydrogen-bond acceptors (Lipinski definition) is 1. The average Bonchev–Trinajstić information content (AvgIpc) is 2.14. The summed E-state index contributed by atoms with van der Waals surface area (Å²) in [7, 11) is 0. The maximum Gasteiger partial charge on any atom is 0.0157 e. The van der Waals surface area contributed by atoms with E-state index in [0.29, 0.717) is 5.41 Å². The number of hydrogen-bond donors (Lipinski definition) is 1. The fourth-order valence-electron chi connectivity index (χ4n) is 2.42. The number of nitrogens with one attached hydrogen (secondary N) is 1. The van der Waals surface area contributed by atoms with Crippen molar-refractivity contribution in [3.63, 3.8) is 0 Å². The zero-order valence-corrected chi connectivity index (χ0v) is 11.4. The van der Waals surface area contributed by atoms with Crippen LogP contribution >= 0.6 is 15.9 Å². The summed E-state index contributed by atoms with van der Waals surface area (Å²) in [6.07, 6.45) is 5.55. The quantitative estimate of drug-likeness (QED) is 0.767. The molecule has 84 valence electrons. The van der Waals surface area contributed by atoms with Crippen LogP contribution in [0.5, 0.6) is 0 Å². The molecule has 1 aliphatic rings. The summed E-state index contributed by atoms with van der Waals surface area (Å²) in [5, 5.41) is 4.67. The molecule has 2 heteroatoms. The van der Waals surface area contributed by atoms with Crippen LogP contribution in [0.1, 0.15) is 46.5 Å². The molecule has 0 unspecified atom stereocenters. The second-order valence-electron chi connectivity index (χ2n) is 5.56. The van der Waals surface area contributed by atoms with Crippen molar-refractivity contribution >= 4 is 15.9 Å². The van der Waals surface area contributed by atoms with Crippen LogP contribution in [0, 0.1) is 11.3 Å². The summed E-state index contributed by atoms with van der Waals surface area (Å²) in [6, 6.07) is 0.783. The number of alkyl halides is 1. The molecule has 1 fully saturated rings. The summed E-state index contributed by atoms with van der Waals surface area (Å²) < 4.78 is 0. The Balaban J connectivity index is 2.24. The normalized spacial score (nSPS) is 29.1. The van der Waals surface area contributed by atoms with Gasteiger partial charge in [0, 0.05) is 17.9 Å². The second-order valence-corrected chi connectivity index (χ2v) is 6.35. The van der Waals surface area contributed by atoms with E-state index in [1.807, 2.05) is 0 Å². The lowest BCUT2D eigenvalue weighted by molar-refractivity contribution is 0.161. The Morgan fingerprint density at radius 1 is 1.14 bits per heavy atom. The van der Waals surface area contributed by atoms with Crippen molar-refractivity contribution < 1.29 is 0 Å². The van der Waals surface area contributed by atoms with Gasteiger partial charge in [-0.15, -0.1) is 0 Å². The van der Waals surface area contributed by atoms with Gasteiger partial charge in [-0.1, -0.05) is 36.7 Å². The lowest BCUT2D eigenvalue weighted by Crippen LogP contribution is -2.36. The van der Waals surface area contributed by atoms with E-state index in [1.165, 1.54) is 25.7 Å². The van der Waals surface area contributed by atoms with Crippen LogP contribution in [0.25, 0.3) is 0 Å². The second kappa shape index (κ2) is 5.50. The zero-order valence-electron chi connectivity index (χ0n) is 9.78. The number of rotatable bonds is 3. The minimum Gasteiger partial charge on any atom is -0.313 e. The Hall–Kier alpha value is 0.440. The third-order valence-electron chi connectivity index (χ3n) is 3.48. The van der Waals surface area contributed by atoms with Crippen molar-refractivity contribution in [2.24, 2.45) is 11.3 Å². The van der Waals surface area contributed by atoms with E-state index in [-0.39, 0.29) is 0 Å². The van der Waals surface area contributed by atoms with Gasteiger partial charge in [-0.05, 0) is 37.0 Å². The first kappa shape index (κ1) is 12.5. The molecule has 14 heavy (non-hydrogen) atoms. The fraction of sp³-hybridized carbons (Fsp3) is 1.00. The Labute approximate surface area is 97.2 Å². The zero-order chi connectivity index (χ0) is 10.6. The molecule has 0 aliphatic heterocycles. The van der Waals surface area contributed by atoms with Crippen LogP contribution < -0.4 is 5.32 Å². The van der Waals surface area contributed by atoms with Gasteiger partial charge in [0.2, 0.25) is 0 Å². The molecule has 0 aromatic rings. The molecule has 0 aromatic heterocycles. The molecule has 0 saturated heterocycles. The first-order valence-electron chi connectivity index (χ1n) is 5.83. The maximum atomic E-state index is 3.60. The smallest absolute Gasteiger partial charge is 0.0157 e. The molecule has 1 nitrogen and oxygen atoms in total. The average molecular weight is 262 g/mol. The number of halogens is 1. The molecule has 0 atom stereocenters. The highest BCUT2D eigenvalue weighted by Gasteiger charge is 2.29. The molecule has 0 spiro atoms. The molecule has 0 amide bonds. The summed E-state index contributed by atoms with van der Waals surface area (Å²) in [4.78, 5) is 0. The van der Waals surface area contributed by atoms with E-state index in [0.717, 1.165) is 23.8 Å². The van der Waals surface area contributed by atoms with E-state index in [1.54, 1.807) is 0 Å². The van der Waals surface area contributed by atoms with E-state index >= 15 is 0 Å². The minimum absolute atomic E-state index is 0.514. The Kier molecular flexibility index (Phi) is 4.92. The molecule has 1 aliphatic carbocycles. The van der Waals surface area contributed by atoms with Crippen LogP contribution in [0.2, 0.25) is 0 Å². The van der Waals surface area contributed by atoms with E-state index in [4.69, 9.17) is 0 Å². The van der Waals surface area contributed by atoms with Crippen molar-refractivity contribution in [3.05, 3.63) is 0 Å². The van der Waals surface area contributed by atoms with Gasteiger partial charge in [0.15, 0.2) is 0 Å². The molecule has 1 N–H and O–H groups in total. The van der Waals surface area contributed by atoms with Gasteiger partial charge in [-0.25, -0.2) is 0 Å². The van der Waals surface area contributed by atoms with Gasteiger partial charge in [-0.2, -0.15) is 0 Å². The van der Waals surface area contributed by atoms with Crippen molar-refractivity contribution in [3.8, 4) is 0 Å². The van der Waals surface area contributed by atoms with Crippen LogP contribution in [0.3, 0.4) is 0 Å². The van der Waals surface area contributed by atoms with Crippen LogP contribution in [0.15, 0.2) is 0 Å². The summed E-state index contributed by atoms with van der Waals surface area (Å²) in [5.41, 5.74) is 0.514. The van der Waals surface area contributed by atoms with Gasteiger partial charge >= 0.3 is 0 Å². The van der Waals surface area contributed by atoms with Gasteiger partial charge in [0.25, 0.3) is 0 Å². The molecule has 1 saturated carbocycles. The third-order valence-corrected chi connectivity index (χ3v) is 3.88. The van der Waals surface area contributed by atoms with E-state index in [9.17, 15) is 0 Å². The van der Waals surface area contributed by atoms with Crippen LogP contribution in [-0.4, -0.2) is 17.9 Å². The van der Waals surface area contributed by atoms with Gasteiger partial charge in [0.1, 0.15) is 0 Å². The standard InChI is InChI=1S/C12H24BrN/c1-12(2,3)10-4-6-11(7-5-10)14-9-8-13/h10-11,14H,4-9H2,1-3H3. The molecule has 0 heterocycles. The maximum absolute atomic E-state index is 3.60. The highest BCUT2D eigenvalue weighted by molar-refractivity contribution is 9.09. The molecule has 0 bridgehead atoms. The van der Waals surface area contributed by atoms with Crippen molar-refractivity contribution in [2.75, 3.05) is 11.9 Å². The first-order valence-corrected chi connectivity index (χ1v) is 6.95. The fourth-order valence-corrected chi connectivity index (χ4v) is 2.65. The highest BCUT2D eigenvalue weighted by Crippen LogP contribution is 2.37. The Morgan fingerprint density at radius 2 is 1.71 bits per heavy atom. The van der Waals surface area contributed by atoms with E-state index in [2.05, 4.69) is 42.0 Å². The van der Waals surface area contributed by atoms with Crippen molar-refractivity contribution in [2.45, 2.75) is 52.5 Å². The molecule has 1 rings (SSSR count). The first-order chi connectivity index (χ1) is 6.54. The molecule has 0 aromatic carbocycles. The minimum atomic E-state index is 0.514. The van der Waals surface area contributed by atoms with Gasteiger partial charge < -0.3 is 5.32 Å². The molecular formula is C12H24BrN. The SMILES string of the molecule is CC(C)(C)C1CCC(NCCBr)CC1. The van der Waals surface area contributed by atoms with Crippen molar-refractivity contribution in [1.82, 2.24) is 5.32 Å². The predicted octanol–water partition coefficient (Wildman–Crippen LogP) is 3.58. The Bertz CT molecular complexity index is 154. The highest BCUT2D eigenvalue weighted by atomic mass is 79.9. The predicted molar refractivity (Wildman–Crippen MR) is 67.0 cm³/mol. The summed E-state index contributed by atoms with van der Waals surface area (Å²) in [6.45, 7) is 8.25. The Morgan fingerprint density at radius 3 is 2.14 bits per heavy atom. The van der Waals surface area contributed by atoms with E-state index < -0.39 is 0 Å². The van der Waals surface area contributed by atoms with Crippen LogP contribution in [-0.2, 0) is 0 Å². The summed E-state index contributed by atoms with van der Waals surface area (Å²) >= 11 is 3.46. The molecule has 0 radical (unpaired) electrons. The third kappa shape index (κ3) is 3.90. The topological polar surface area (TPSA) is 12.0 Å². The van der Waals surface area contributed by atoms with Gasteiger partial charge in [-0.3, -0.25) is 0 Å².